The summed E-state index contributed by atoms with van der Waals surface area (Å²) in [6, 6.07) is 0. The van der Waals surface area contributed by atoms with E-state index in [4.69, 9.17) is 0 Å². The van der Waals surface area contributed by atoms with Crippen LogP contribution >= 0.6 is 0 Å². The molecule has 2 heterocycles. The van der Waals surface area contributed by atoms with E-state index in [0.29, 0.717) is 18.9 Å². The first kappa shape index (κ1) is 13.1. The third kappa shape index (κ3) is 4.14. The maximum atomic E-state index is 11.8. The van der Waals surface area contributed by atoms with Crippen LogP contribution in [0.4, 0.5) is 0 Å². The Bertz CT molecular complexity index is 382. The van der Waals surface area contributed by atoms with E-state index in [0.717, 1.165) is 32.4 Å². The Morgan fingerprint density at radius 2 is 2.33 bits per heavy atom. The molecule has 5 nitrogen and oxygen atoms in total. The fraction of sp³-hybridized carbons (Fsp3) is 0.692. The lowest BCUT2D eigenvalue weighted by Gasteiger charge is -2.21. The van der Waals surface area contributed by atoms with E-state index in [1.165, 1.54) is 5.56 Å². The Morgan fingerprint density at radius 3 is 3.00 bits per heavy atom. The van der Waals surface area contributed by atoms with E-state index in [1.807, 2.05) is 19.4 Å². The van der Waals surface area contributed by atoms with E-state index in [1.54, 1.807) is 4.68 Å². The molecule has 1 saturated heterocycles. The van der Waals surface area contributed by atoms with E-state index >= 15 is 0 Å². The average Bonchev–Trinajstić information content (AvgIpc) is 2.76. The predicted octanol–water partition coefficient (Wildman–Crippen LogP) is 0.469. The molecule has 0 spiro atoms. The molecule has 5 heteroatoms. The van der Waals surface area contributed by atoms with Gasteiger partial charge in [-0.15, -0.1) is 0 Å². The number of nitrogens with one attached hydrogen (secondary N) is 2. The maximum absolute atomic E-state index is 11.8. The summed E-state index contributed by atoms with van der Waals surface area (Å²) in [5.41, 5.74) is 1.17. The summed E-state index contributed by atoms with van der Waals surface area (Å²) in [6.07, 6.45) is 7.60. The summed E-state index contributed by atoms with van der Waals surface area (Å²) in [5.74, 6) is 0.746. The van der Waals surface area contributed by atoms with Gasteiger partial charge in [0.15, 0.2) is 0 Å². The molecule has 0 radical (unpaired) electrons. The summed E-state index contributed by atoms with van der Waals surface area (Å²) >= 11 is 0. The highest BCUT2D eigenvalue weighted by Crippen LogP contribution is 2.15. The van der Waals surface area contributed by atoms with Crippen LogP contribution in [0, 0.1) is 5.92 Å². The van der Waals surface area contributed by atoms with Gasteiger partial charge in [0.05, 0.1) is 6.20 Å². The van der Waals surface area contributed by atoms with Gasteiger partial charge < -0.3 is 10.6 Å². The molecule has 0 atom stereocenters. The van der Waals surface area contributed by atoms with Crippen LogP contribution < -0.4 is 10.6 Å². The van der Waals surface area contributed by atoms with Gasteiger partial charge in [-0.1, -0.05) is 0 Å². The number of aryl methyl sites for hydroxylation is 1. The van der Waals surface area contributed by atoms with Gasteiger partial charge in [-0.2, -0.15) is 5.10 Å². The molecule has 18 heavy (non-hydrogen) atoms. The number of piperidine rings is 1. The minimum Gasteiger partial charge on any atom is -0.356 e. The van der Waals surface area contributed by atoms with Gasteiger partial charge >= 0.3 is 0 Å². The molecule has 0 aromatic carbocycles. The number of amides is 1. The van der Waals surface area contributed by atoms with Crippen molar-refractivity contribution in [3.05, 3.63) is 18.0 Å². The number of hydrogen-bond acceptors (Lipinski definition) is 3. The predicted molar refractivity (Wildman–Crippen MR) is 70.1 cm³/mol. The SMILES string of the molecule is Cn1cc(CCNC(=O)CC2CCNCC2)cn1. The maximum Gasteiger partial charge on any atom is 0.220 e. The van der Waals surface area contributed by atoms with Crippen LogP contribution in [0.1, 0.15) is 24.8 Å². The van der Waals surface area contributed by atoms with Crippen LogP contribution in [0.15, 0.2) is 12.4 Å². The zero-order chi connectivity index (χ0) is 12.8. The lowest BCUT2D eigenvalue weighted by atomic mass is 9.94. The Hall–Kier alpha value is -1.36. The standard InChI is InChI=1S/C13H22N4O/c1-17-10-12(9-16-17)4-7-15-13(18)8-11-2-5-14-6-3-11/h9-11,14H,2-8H2,1H3,(H,15,18). The summed E-state index contributed by atoms with van der Waals surface area (Å²) < 4.78 is 1.78. The first-order valence-electron chi connectivity index (χ1n) is 6.69. The van der Waals surface area contributed by atoms with E-state index in [-0.39, 0.29) is 5.91 Å². The molecule has 2 N–H and O–H groups in total. The molecular formula is C13H22N4O. The molecule has 1 fully saturated rings. The van der Waals surface area contributed by atoms with Crippen LogP contribution in [0.3, 0.4) is 0 Å². The van der Waals surface area contributed by atoms with Crippen LogP contribution in [-0.4, -0.2) is 35.3 Å². The summed E-state index contributed by atoms with van der Waals surface area (Å²) in [4.78, 5) is 11.8. The molecule has 1 aromatic rings. The molecular weight excluding hydrogens is 228 g/mol. The number of aromatic nitrogens is 2. The monoisotopic (exact) mass is 250 g/mol. The van der Waals surface area contributed by atoms with E-state index in [9.17, 15) is 4.79 Å². The second-order valence-electron chi connectivity index (χ2n) is 5.02. The second kappa shape index (κ2) is 6.54. The Morgan fingerprint density at radius 1 is 1.56 bits per heavy atom. The Kier molecular flexibility index (Phi) is 4.75. The van der Waals surface area contributed by atoms with Crippen LogP contribution in [0.5, 0.6) is 0 Å². The average molecular weight is 250 g/mol. The third-order valence-corrected chi connectivity index (χ3v) is 3.43. The number of nitrogens with zero attached hydrogens (tertiary/aromatic N) is 2. The highest BCUT2D eigenvalue weighted by Gasteiger charge is 2.16. The van der Waals surface area contributed by atoms with Gasteiger partial charge in [0, 0.05) is 26.2 Å². The molecule has 0 aliphatic carbocycles. The lowest BCUT2D eigenvalue weighted by Crippen LogP contribution is -2.32. The fourth-order valence-electron chi connectivity index (χ4n) is 2.37. The summed E-state index contributed by atoms with van der Waals surface area (Å²) in [7, 11) is 1.90. The normalized spacial score (nSPS) is 16.7. The second-order valence-corrected chi connectivity index (χ2v) is 5.02. The molecule has 0 unspecified atom stereocenters. The zero-order valence-electron chi connectivity index (χ0n) is 11.0. The Labute approximate surface area is 108 Å². The zero-order valence-corrected chi connectivity index (χ0v) is 11.0. The first-order chi connectivity index (χ1) is 8.74. The smallest absolute Gasteiger partial charge is 0.220 e. The molecule has 0 bridgehead atoms. The highest BCUT2D eigenvalue weighted by molar-refractivity contribution is 5.76. The molecule has 1 aromatic heterocycles. The van der Waals surface area contributed by atoms with Crippen molar-refractivity contribution in [2.24, 2.45) is 13.0 Å². The minimum absolute atomic E-state index is 0.186. The van der Waals surface area contributed by atoms with Gasteiger partial charge in [0.2, 0.25) is 5.91 Å². The largest absolute Gasteiger partial charge is 0.356 e. The van der Waals surface area contributed by atoms with Crippen molar-refractivity contribution in [1.82, 2.24) is 20.4 Å². The Balaban J connectivity index is 1.62. The molecule has 1 aliphatic heterocycles. The van der Waals surface area contributed by atoms with Gasteiger partial charge in [-0.3, -0.25) is 9.48 Å². The minimum atomic E-state index is 0.186. The first-order valence-corrected chi connectivity index (χ1v) is 6.69. The summed E-state index contributed by atoms with van der Waals surface area (Å²) in [5, 5.41) is 10.4. The number of hydrogen-bond donors (Lipinski definition) is 2. The van der Waals surface area contributed by atoms with Crippen molar-refractivity contribution >= 4 is 5.91 Å². The van der Waals surface area contributed by atoms with Crippen molar-refractivity contribution in [1.29, 1.82) is 0 Å². The van der Waals surface area contributed by atoms with Crippen molar-refractivity contribution in [2.45, 2.75) is 25.7 Å². The lowest BCUT2D eigenvalue weighted by molar-refractivity contribution is -0.122. The topological polar surface area (TPSA) is 59.0 Å². The number of carbonyl (C=O) groups excluding carboxylic acids is 1. The van der Waals surface area contributed by atoms with Crippen molar-refractivity contribution in [3.63, 3.8) is 0 Å². The highest BCUT2D eigenvalue weighted by atomic mass is 16.1. The third-order valence-electron chi connectivity index (χ3n) is 3.43. The van der Waals surface area contributed by atoms with Crippen molar-refractivity contribution < 1.29 is 4.79 Å². The fourth-order valence-corrected chi connectivity index (χ4v) is 2.37. The summed E-state index contributed by atoms with van der Waals surface area (Å²) in [6.45, 7) is 2.80. The van der Waals surface area contributed by atoms with Gasteiger partial charge in [-0.25, -0.2) is 0 Å². The van der Waals surface area contributed by atoms with Gasteiger partial charge in [0.25, 0.3) is 0 Å². The van der Waals surface area contributed by atoms with E-state index in [2.05, 4.69) is 15.7 Å². The van der Waals surface area contributed by atoms with E-state index < -0.39 is 0 Å². The molecule has 0 saturated carbocycles. The number of carbonyl (C=O) groups is 1. The molecule has 1 aliphatic rings. The number of rotatable bonds is 5. The quantitative estimate of drug-likeness (QED) is 0.798. The molecule has 100 valence electrons. The van der Waals surface area contributed by atoms with Crippen LogP contribution in [-0.2, 0) is 18.3 Å². The van der Waals surface area contributed by atoms with Crippen LogP contribution in [0.2, 0.25) is 0 Å². The van der Waals surface area contributed by atoms with Crippen molar-refractivity contribution in [2.75, 3.05) is 19.6 Å². The van der Waals surface area contributed by atoms with Gasteiger partial charge in [-0.05, 0) is 43.8 Å². The van der Waals surface area contributed by atoms with Crippen LogP contribution in [0.25, 0.3) is 0 Å². The molecule has 2 rings (SSSR count). The van der Waals surface area contributed by atoms with Gasteiger partial charge in [0.1, 0.15) is 0 Å². The van der Waals surface area contributed by atoms with Crippen molar-refractivity contribution in [3.8, 4) is 0 Å². The molecule has 1 amide bonds.